The molecular weight excluding hydrogens is 452 g/mol. The molecule has 0 radical (unpaired) electrons. The van der Waals surface area contributed by atoms with Crippen LogP contribution in [0.2, 0.25) is 5.02 Å². The molecule has 1 aromatic heterocycles. The predicted molar refractivity (Wildman–Crippen MR) is 152 cm³/mol. The number of aryl methyl sites for hydroxylation is 1. The van der Waals surface area contributed by atoms with E-state index in [1.165, 1.54) is 5.57 Å². The minimum absolute atomic E-state index is 0.722. The standard InChI is InChI=1S/C30H39ClN4/c1-6-7-19-35(20-18-32-5)23(4)25-14-17-27-29(21-25)33-28(11-9-8-10-22(2)3)30(34-27)24-12-15-26(31)16-13-24/h12-17,21,32H,2,4,6-11,18-20H2,1,3,5H3. The summed E-state index contributed by atoms with van der Waals surface area (Å²) in [4.78, 5) is 12.6. The minimum Gasteiger partial charge on any atom is -0.370 e. The number of allylic oxidation sites excluding steroid dienone is 1. The van der Waals surface area contributed by atoms with Crippen molar-refractivity contribution in [2.45, 2.75) is 52.4 Å². The normalized spacial score (nSPS) is 11.1. The number of benzene rings is 2. The number of halogens is 1. The molecule has 4 nitrogen and oxygen atoms in total. The molecule has 1 N–H and O–H groups in total. The maximum Gasteiger partial charge on any atom is 0.0925 e. The van der Waals surface area contributed by atoms with Gasteiger partial charge in [-0.3, -0.25) is 0 Å². The van der Waals surface area contributed by atoms with Crippen LogP contribution in [0.4, 0.5) is 0 Å². The van der Waals surface area contributed by atoms with E-state index in [4.69, 9.17) is 21.6 Å². The van der Waals surface area contributed by atoms with E-state index in [2.05, 4.69) is 55.4 Å². The summed E-state index contributed by atoms with van der Waals surface area (Å²) in [5, 5.41) is 3.98. The Bertz CT molecular complexity index is 1130. The molecule has 0 amide bonds. The van der Waals surface area contributed by atoms with Gasteiger partial charge in [0.2, 0.25) is 0 Å². The van der Waals surface area contributed by atoms with Gasteiger partial charge < -0.3 is 10.2 Å². The summed E-state index contributed by atoms with van der Waals surface area (Å²) in [6, 6.07) is 14.2. The van der Waals surface area contributed by atoms with Crippen LogP contribution >= 0.6 is 11.6 Å². The predicted octanol–water partition coefficient (Wildman–Crippen LogP) is 7.53. The molecule has 0 atom stereocenters. The zero-order chi connectivity index (χ0) is 25.2. The van der Waals surface area contributed by atoms with E-state index in [1.807, 2.05) is 31.3 Å². The summed E-state index contributed by atoms with van der Waals surface area (Å²) in [6.07, 6.45) is 6.38. The van der Waals surface area contributed by atoms with Crippen LogP contribution in [0.5, 0.6) is 0 Å². The lowest BCUT2D eigenvalue weighted by atomic mass is 10.0. The first-order chi connectivity index (χ1) is 16.9. The molecule has 186 valence electrons. The molecule has 3 aromatic rings. The molecule has 3 rings (SSSR count). The van der Waals surface area contributed by atoms with Gasteiger partial charge in [0.05, 0.1) is 22.4 Å². The van der Waals surface area contributed by atoms with E-state index >= 15 is 0 Å². The van der Waals surface area contributed by atoms with Crippen molar-refractivity contribution in [1.29, 1.82) is 0 Å². The lowest BCUT2D eigenvalue weighted by Crippen LogP contribution is -2.30. The fraction of sp³-hybridized carbons (Fsp3) is 0.400. The zero-order valence-corrected chi connectivity index (χ0v) is 22.3. The van der Waals surface area contributed by atoms with E-state index in [9.17, 15) is 0 Å². The van der Waals surface area contributed by atoms with Crippen LogP contribution in [-0.2, 0) is 6.42 Å². The molecule has 0 saturated carbocycles. The number of unbranched alkanes of at least 4 members (excludes halogenated alkanes) is 2. The zero-order valence-electron chi connectivity index (χ0n) is 21.5. The van der Waals surface area contributed by atoms with Gasteiger partial charge in [-0.05, 0) is 75.9 Å². The van der Waals surface area contributed by atoms with Crippen LogP contribution in [0, 0.1) is 0 Å². The van der Waals surface area contributed by atoms with Gasteiger partial charge in [-0.25, -0.2) is 9.97 Å². The molecule has 0 fully saturated rings. The van der Waals surface area contributed by atoms with E-state index in [-0.39, 0.29) is 0 Å². The molecule has 0 spiro atoms. The summed E-state index contributed by atoms with van der Waals surface area (Å²) >= 11 is 6.14. The van der Waals surface area contributed by atoms with Crippen molar-refractivity contribution >= 4 is 28.3 Å². The number of hydrogen-bond donors (Lipinski definition) is 1. The van der Waals surface area contributed by atoms with Gasteiger partial charge in [-0.2, -0.15) is 0 Å². The molecule has 0 aliphatic carbocycles. The van der Waals surface area contributed by atoms with Crippen molar-refractivity contribution in [1.82, 2.24) is 20.2 Å². The molecule has 0 unspecified atom stereocenters. The molecule has 0 bridgehead atoms. The summed E-state index contributed by atoms with van der Waals surface area (Å²) in [5.74, 6) is 0. The summed E-state index contributed by atoms with van der Waals surface area (Å²) in [5.41, 5.74) is 8.20. The highest BCUT2D eigenvalue weighted by Gasteiger charge is 2.14. The number of likely N-dealkylation sites (N-methyl/N-ethyl adjacent to an activating group) is 1. The van der Waals surface area contributed by atoms with E-state index in [1.54, 1.807) is 0 Å². The van der Waals surface area contributed by atoms with Crippen molar-refractivity contribution < 1.29 is 0 Å². The minimum atomic E-state index is 0.722. The Kier molecular flexibility index (Phi) is 10.3. The third kappa shape index (κ3) is 7.65. The molecule has 35 heavy (non-hydrogen) atoms. The quantitative estimate of drug-likeness (QED) is 0.187. The molecule has 0 saturated heterocycles. The fourth-order valence-electron chi connectivity index (χ4n) is 4.16. The molecule has 5 heteroatoms. The molecule has 2 aromatic carbocycles. The summed E-state index contributed by atoms with van der Waals surface area (Å²) < 4.78 is 0. The van der Waals surface area contributed by atoms with Crippen molar-refractivity contribution in [2.24, 2.45) is 0 Å². The summed E-state index contributed by atoms with van der Waals surface area (Å²) in [6.45, 7) is 15.6. The van der Waals surface area contributed by atoms with E-state index < -0.39 is 0 Å². The number of nitrogens with one attached hydrogen (secondary N) is 1. The van der Waals surface area contributed by atoms with Gasteiger partial charge in [-0.15, -0.1) is 6.58 Å². The average Bonchev–Trinajstić information content (AvgIpc) is 2.86. The Morgan fingerprint density at radius 2 is 1.74 bits per heavy atom. The Balaban J connectivity index is 1.96. The second-order valence-corrected chi connectivity index (χ2v) is 9.72. The van der Waals surface area contributed by atoms with Crippen LogP contribution < -0.4 is 5.32 Å². The third-order valence-electron chi connectivity index (χ3n) is 6.25. The van der Waals surface area contributed by atoms with Gasteiger partial charge in [0.1, 0.15) is 0 Å². The smallest absolute Gasteiger partial charge is 0.0925 e. The van der Waals surface area contributed by atoms with Gasteiger partial charge in [0, 0.05) is 35.9 Å². The summed E-state index contributed by atoms with van der Waals surface area (Å²) in [7, 11) is 1.99. The van der Waals surface area contributed by atoms with Crippen LogP contribution in [-0.4, -0.2) is 41.5 Å². The lowest BCUT2D eigenvalue weighted by Gasteiger charge is -2.27. The van der Waals surface area contributed by atoms with Crippen LogP contribution in [0.1, 0.15) is 57.2 Å². The Labute approximate surface area is 216 Å². The molecule has 0 aliphatic heterocycles. The Hall–Kier alpha value is -2.69. The first-order valence-corrected chi connectivity index (χ1v) is 13.1. The Morgan fingerprint density at radius 1 is 0.971 bits per heavy atom. The maximum absolute atomic E-state index is 6.14. The first-order valence-electron chi connectivity index (χ1n) is 12.7. The molecule has 1 heterocycles. The third-order valence-corrected chi connectivity index (χ3v) is 6.50. The Morgan fingerprint density at radius 3 is 2.43 bits per heavy atom. The van der Waals surface area contributed by atoms with Crippen molar-refractivity contribution in [3.8, 4) is 11.3 Å². The van der Waals surface area contributed by atoms with Crippen LogP contribution in [0.25, 0.3) is 28.0 Å². The number of nitrogens with zero attached hydrogens (tertiary/aromatic N) is 3. The largest absolute Gasteiger partial charge is 0.370 e. The van der Waals surface area contributed by atoms with Gasteiger partial charge in [-0.1, -0.05) is 55.3 Å². The van der Waals surface area contributed by atoms with Crippen LogP contribution in [0.15, 0.2) is 61.2 Å². The molecular formula is C30H39ClN4. The lowest BCUT2D eigenvalue weighted by molar-refractivity contribution is 0.387. The first kappa shape index (κ1) is 26.9. The van der Waals surface area contributed by atoms with Crippen molar-refractivity contribution in [3.63, 3.8) is 0 Å². The highest BCUT2D eigenvalue weighted by molar-refractivity contribution is 6.30. The topological polar surface area (TPSA) is 41.1 Å². The van der Waals surface area contributed by atoms with Gasteiger partial charge >= 0.3 is 0 Å². The van der Waals surface area contributed by atoms with Crippen molar-refractivity contribution in [3.05, 3.63) is 77.5 Å². The van der Waals surface area contributed by atoms with E-state index in [0.29, 0.717) is 0 Å². The second kappa shape index (κ2) is 13.4. The van der Waals surface area contributed by atoms with Gasteiger partial charge in [0.15, 0.2) is 0 Å². The van der Waals surface area contributed by atoms with E-state index in [0.717, 1.165) is 102 Å². The SMILES string of the molecule is C=C(C)CCCCc1nc2cc(C(=C)N(CCCC)CCNC)ccc2nc1-c1ccc(Cl)cc1. The number of fused-ring (bicyclic) bond motifs is 1. The maximum atomic E-state index is 6.14. The second-order valence-electron chi connectivity index (χ2n) is 9.28. The van der Waals surface area contributed by atoms with Crippen molar-refractivity contribution in [2.75, 3.05) is 26.7 Å². The molecule has 0 aliphatic rings. The highest BCUT2D eigenvalue weighted by atomic mass is 35.5. The highest BCUT2D eigenvalue weighted by Crippen LogP contribution is 2.28. The number of aromatic nitrogens is 2. The van der Waals surface area contributed by atoms with Gasteiger partial charge in [0.25, 0.3) is 0 Å². The average molecular weight is 491 g/mol. The number of rotatable bonds is 14. The van der Waals surface area contributed by atoms with Crippen LogP contribution in [0.3, 0.4) is 0 Å². The monoisotopic (exact) mass is 490 g/mol. The number of hydrogen-bond acceptors (Lipinski definition) is 4. The fourth-order valence-corrected chi connectivity index (χ4v) is 4.29.